The molecule has 1 N–H and O–H groups in total. The van der Waals surface area contributed by atoms with Gasteiger partial charge in [0.05, 0.1) is 12.7 Å². The quantitative estimate of drug-likeness (QED) is 0.758. The summed E-state index contributed by atoms with van der Waals surface area (Å²) in [6.45, 7) is 4.68. The highest BCUT2D eigenvalue weighted by molar-refractivity contribution is 5.46. The predicted molar refractivity (Wildman–Crippen MR) is 63.5 cm³/mol. The maximum atomic E-state index is 10.5. The first-order valence-corrected chi connectivity index (χ1v) is 6.36. The van der Waals surface area contributed by atoms with Gasteiger partial charge in [0.1, 0.15) is 5.75 Å². The molecule has 0 unspecified atom stereocenters. The molecule has 0 saturated carbocycles. The van der Waals surface area contributed by atoms with Crippen LogP contribution in [0.5, 0.6) is 5.75 Å². The lowest BCUT2D eigenvalue weighted by Gasteiger charge is -2.44. The van der Waals surface area contributed by atoms with Crippen molar-refractivity contribution in [1.29, 1.82) is 0 Å². The van der Waals surface area contributed by atoms with Crippen molar-refractivity contribution in [2.24, 2.45) is 0 Å². The van der Waals surface area contributed by atoms with Crippen LogP contribution in [0.4, 0.5) is 0 Å². The van der Waals surface area contributed by atoms with Crippen LogP contribution in [0.2, 0.25) is 0 Å². The second-order valence-corrected chi connectivity index (χ2v) is 5.57. The standard InChI is InChI=1S/C14H16O4/c1-7-3-9-10-5-14(15,13-16-6-12(10)17-13)18-11(9)4-8(7)2/h3-4,10,12-13,15H,5-6H2,1-2H3/t10-,12-,13-,14-/m1/s1. The molecule has 96 valence electrons. The fourth-order valence-corrected chi connectivity index (χ4v) is 3.19. The van der Waals surface area contributed by atoms with E-state index in [1.165, 1.54) is 11.1 Å². The van der Waals surface area contributed by atoms with E-state index in [2.05, 4.69) is 19.9 Å². The Hall–Kier alpha value is -1.10. The molecule has 0 radical (unpaired) electrons. The highest BCUT2D eigenvalue weighted by atomic mass is 16.8. The van der Waals surface area contributed by atoms with Crippen LogP contribution in [0.3, 0.4) is 0 Å². The first-order chi connectivity index (χ1) is 8.57. The molecule has 3 aliphatic rings. The van der Waals surface area contributed by atoms with Crippen molar-refractivity contribution in [1.82, 2.24) is 0 Å². The fourth-order valence-electron chi connectivity index (χ4n) is 3.19. The number of rotatable bonds is 0. The Bertz CT molecular complexity index is 527. The SMILES string of the molecule is Cc1cc2c(cc1C)[C@H]1C[C@@](O)(O2)[C@@H]2OC[C@H]1O2. The minimum absolute atomic E-state index is 0.0417. The second kappa shape index (κ2) is 3.26. The summed E-state index contributed by atoms with van der Waals surface area (Å²) in [6.07, 6.45) is -0.0498. The summed E-state index contributed by atoms with van der Waals surface area (Å²) >= 11 is 0. The van der Waals surface area contributed by atoms with Gasteiger partial charge in [-0.3, -0.25) is 0 Å². The molecule has 3 aliphatic heterocycles. The molecule has 0 aromatic heterocycles. The van der Waals surface area contributed by atoms with Crippen LogP contribution >= 0.6 is 0 Å². The molecule has 1 aromatic carbocycles. The summed E-state index contributed by atoms with van der Waals surface area (Å²) in [6, 6.07) is 4.16. The van der Waals surface area contributed by atoms with E-state index in [1.54, 1.807) is 0 Å². The van der Waals surface area contributed by atoms with Gasteiger partial charge in [-0.05, 0) is 31.0 Å². The first kappa shape index (κ1) is 10.8. The lowest BCUT2D eigenvalue weighted by Crippen LogP contribution is -2.55. The molecule has 1 aromatic rings. The largest absolute Gasteiger partial charge is 0.457 e. The maximum Gasteiger partial charge on any atom is 0.260 e. The topological polar surface area (TPSA) is 47.9 Å². The number of aliphatic hydroxyl groups is 1. The molecule has 4 rings (SSSR count). The third-order valence-electron chi connectivity index (χ3n) is 4.35. The molecule has 4 bridgehead atoms. The van der Waals surface area contributed by atoms with Crippen molar-refractivity contribution in [2.45, 2.75) is 44.4 Å². The molecule has 3 heterocycles. The third-order valence-corrected chi connectivity index (χ3v) is 4.35. The van der Waals surface area contributed by atoms with Crippen molar-refractivity contribution in [3.8, 4) is 5.75 Å². The van der Waals surface area contributed by atoms with E-state index in [1.807, 2.05) is 6.07 Å². The zero-order valence-electron chi connectivity index (χ0n) is 10.5. The Labute approximate surface area is 105 Å². The number of ether oxygens (including phenoxy) is 3. The predicted octanol–water partition coefficient (Wildman–Crippen LogP) is 1.61. The number of aryl methyl sites for hydroxylation is 2. The van der Waals surface area contributed by atoms with Gasteiger partial charge in [0.25, 0.3) is 5.79 Å². The van der Waals surface area contributed by atoms with Crippen molar-refractivity contribution >= 4 is 0 Å². The molecule has 0 spiro atoms. The van der Waals surface area contributed by atoms with Crippen molar-refractivity contribution in [2.75, 3.05) is 6.61 Å². The minimum Gasteiger partial charge on any atom is -0.457 e. The van der Waals surface area contributed by atoms with E-state index in [0.29, 0.717) is 13.0 Å². The van der Waals surface area contributed by atoms with Gasteiger partial charge >= 0.3 is 0 Å². The highest BCUT2D eigenvalue weighted by Crippen LogP contribution is 2.51. The molecule has 0 aliphatic carbocycles. The third kappa shape index (κ3) is 1.25. The lowest BCUT2D eigenvalue weighted by atomic mass is 9.81. The van der Waals surface area contributed by atoms with Crippen molar-refractivity contribution < 1.29 is 19.3 Å². The molecule has 2 fully saturated rings. The smallest absolute Gasteiger partial charge is 0.260 e. The molecule has 4 nitrogen and oxygen atoms in total. The van der Waals surface area contributed by atoms with Gasteiger partial charge in [-0.1, -0.05) is 6.07 Å². The Morgan fingerprint density at radius 1 is 1.28 bits per heavy atom. The summed E-state index contributed by atoms with van der Waals surface area (Å²) < 4.78 is 16.9. The van der Waals surface area contributed by atoms with Gasteiger partial charge in [0.15, 0.2) is 0 Å². The van der Waals surface area contributed by atoms with Gasteiger partial charge in [-0.25, -0.2) is 0 Å². The van der Waals surface area contributed by atoms with Crippen LogP contribution in [0, 0.1) is 13.8 Å². The van der Waals surface area contributed by atoms with Crippen LogP contribution in [-0.4, -0.2) is 29.9 Å². The maximum absolute atomic E-state index is 10.5. The van der Waals surface area contributed by atoms with E-state index in [9.17, 15) is 5.11 Å². The average molecular weight is 248 g/mol. The number of fused-ring (bicyclic) bond motifs is 8. The Morgan fingerprint density at radius 3 is 2.89 bits per heavy atom. The number of hydrogen-bond donors (Lipinski definition) is 1. The lowest BCUT2D eigenvalue weighted by molar-refractivity contribution is -0.304. The summed E-state index contributed by atoms with van der Waals surface area (Å²) in [5, 5.41) is 10.5. The highest BCUT2D eigenvalue weighted by Gasteiger charge is 2.58. The molecular weight excluding hydrogens is 232 g/mol. The van der Waals surface area contributed by atoms with E-state index < -0.39 is 12.1 Å². The molecule has 18 heavy (non-hydrogen) atoms. The molecule has 2 saturated heterocycles. The summed E-state index contributed by atoms with van der Waals surface area (Å²) in [4.78, 5) is 0. The Kier molecular flexibility index (Phi) is 1.95. The van der Waals surface area contributed by atoms with Crippen LogP contribution in [0.15, 0.2) is 12.1 Å². The van der Waals surface area contributed by atoms with Crippen molar-refractivity contribution in [3.63, 3.8) is 0 Å². The molecule has 4 atom stereocenters. The van der Waals surface area contributed by atoms with E-state index in [0.717, 1.165) is 11.3 Å². The zero-order valence-corrected chi connectivity index (χ0v) is 10.5. The van der Waals surface area contributed by atoms with E-state index >= 15 is 0 Å². The Morgan fingerprint density at radius 2 is 2.06 bits per heavy atom. The summed E-state index contributed by atoms with van der Waals surface area (Å²) in [7, 11) is 0. The normalized spacial score (nSPS) is 40.3. The van der Waals surface area contributed by atoms with Crippen LogP contribution in [0.1, 0.15) is 29.0 Å². The Balaban J connectivity index is 1.89. The molecular formula is C14H16O4. The van der Waals surface area contributed by atoms with Crippen molar-refractivity contribution in [3.05, 3.63) is 28.8 Å². The average Bonchev–Trinajstić information content (AvgIpc) is 2.77. The zero-order chi connectivity index (χ0) is 12.5. The summed E-state index contributed by atoms with van der Waals surface area (Å²) in [5.74, 6) is -0.385. The molecule has 4 heteroatoms. The monoisotopic (exact) mass is 248 g/mol. The minimum atomic E-state index is -1.33. The van der Waals surface area contributed by atoms with E-state index in [4.69, 9.17) is 14.2 Å². The molecule has 0 amide bonds. The van der Waals surface area contributed by atoms with Crippen LogP contribution < -0.4 is 4.74 Å². The fraction of sp³-hybridized carbons (Fsp3) is 0.571. The van der Waals surface area contributed by atoms with Gasteiger partial charge in [0, 0.05) is 17.9 Å². The van der Waals surface area contributed by atoms with Gasteiger partial charge < -0.3 is 19.3 Å². The van der Waals surface area contributed by atoms with Gasteiger partial charge in [0.2, 0.25) is 6.29 Å². The van der Waals surface area contributed by atoms with Crippen LogP contribution in [0.25, 0.3) is 0 Å². The van der Waals surface area contributed by atoms with Crippen LogP contribution in [-0.2, 0) is 9.47 Å². The van der Waals surface area contributed by atoms with E-state index in [-0.39, 0.29) is 12.0 Å². The number of benzene rings is 1. The van der Waals surface area contributed by atoms with Gasteiger partial charge in [-0.15, -0.1) is 0 Å². The first-order valence-electron chi connectivity index (χ1n) is 6.36. The second-order valence-electron chi connectivity index (χ2n) is 5.57. The summed E-state index contributed by atoms with van der Waals surface area (Å²) in [5.41, 5.74) is 3.55. The number of hydrogen-bond acceptors (Lipinski definition) is 4. The van der Waals surface area contributed by atoms with Gasteiger partial charge in [-0.2, -0.15) is 0 Å².